The average molecular weight is 377 g/mol. The van der Waals surface area contributed by atoms with Gasteiger partial charge in [0.2, 0.25) is 0 Å². The highest BCUT2D eigenvalue weighted by molar-refractivity contribution is 6.10. The third kappa shape index (κ3) is 4.16. The van der Waals surface area contributed by atoms with E-state index in [1.807, 2.05) is 89.2 Å². The van der Waals surface area contributed by atoms with Crippen LogP contribution in [0.3, 0.4) is 0 Å². The maximum Gasteiger partial charge on any atom is 0.313 e. The van der Waals surface area contributed by atoms with Crippen molar-refractivity contribution in [3.05, 3.63) is 70.8 Å². The van der Waals surface area contributed by atoms with Crippen molar-refractivity contribution in [1.82, 2.24) is 0 Å². The molecule has 1 amide bonds. The number of benzene rings is 2. The smallest absolute Gasteiger partial charge is 0.313 e. The molecule has 1 atom stereocenters. The SMILES string of the molecule is C/C=C/c1ccc2c(c1)C(=O)N(c1ccc(C(C)C(=O)OC(C)(C)C)cc1)C2. The number of carbonyl (C=O) groups excluding carboxylic acids is 2. The predicted molar refractivity (Wildman–Crippen MR) is 112 cm³/mol. The number of ether oxygens (including phenoxy) is 1. The molecule has 1 unspecified atom stereocenters. The molecule has 2 aromatic rings. The predicted octanol–water partition coefficient (Wildman–Crippen LogP) is 5.33. The van der Waals surface area contributed by atoms with E-state index in [4.69, 9.17) is 4.74 Å². The van der Waals surface area contributed by atoms with Gasteiger partial charge in [-0.05, 0) is 69.5 Å². The first-order chi connectivity index (χ1) is 13.2. The first-order valence-corrected chi connectivity index (χ1v) is 9.60. The molecule has 0 saturated carbocycles. The molecule has 1 aliphatic heterocycles. The van der Waals surface area contributed by atoms with E-state index in [1.165, 1.54) is 0 Å². The fraction of sp³-hybridized carbons (Fsp3) is 0.333. The Bertz CT molecular complexity index is 920. The molecule has 4 heteroatoms. The molecule has 0 aromatic heterocycles. The molecule has 0 fully saturated rings. The van der Waals surface area contributed by atoms with Gasteiger partial charge in [0.1, 0.15) is 5.60 Å². The van der Waals surface area contributed by atoms with Crippen LogP contribution in [0.1, 0.15) is 67.6 Å². The number of hydrogen-bond acceptors (Lipinski definition) is 3. The van der Waals surface area contributed by atoms with E-state index in [2.05, 4.69) is 0 Å². The van der Waals surface area contributed by atoms with E-state index in [9.17, 15) is 9.59 Å². The monoisotopic (exact) mass is 377 g/mol. The third-order valence-electron chi connectivity index (χ3n) is 4.76. The van der Waals surface area contributed by atoms with E-state index in [1.54, 1.807) is 4.90 Å². The summed E-state index contributed by atoms with van der Waals surface area (Å²) in [5.41, 5.74) is 4.00. The largest absolute Gasteiger partial charge is 0.460 e. The Morgan fingerprint density at radius 1 is 1.14 bits per heavy atom. The summed E-state index contributed by atoms with van der Waals surface area (Å²) in [5, 5.41) is 0. The number of rotatable bonds is 4. The highest BCUT2D eigenvalue weighted by atomic mass is 16.6. The number of fused-ring (bicyclic) bond motifs is 1. The van der Waals surface area contributed by atoms with Gasteiger partial charge in [0, 0.05) is 11.3 Å². The zero-order valence-corrected chi connectivity index (χ0v) is 17.2. The van der Waals surface area contributed by atoms with Gasteiger partial charge in [0.05, 0.1) is 12.5 Å². The maximum atomic E-state index is 12.9. The lowest BCUT2D eigenvalue weighted by molar-refractivity contribution is -0.156. The molecule has 0 N–H and O–H groups in total. The molecule has 28 heavy (non-hydrogen) atoms. The van der Waals surface area contributed by atoms with Crippen molar-refractivity contribution in [2.75, 3.05) is 4.90 Å². The summed E-state index contributed by atoms with van der Waals surface area (Å²) < 4.78 is 5.47. The quantitative estimate of drug-likeness (QED) is 0.677. The third-order valence-corrected chi connectivity index (χ3v) is 4.76. The number of esters is 1. The summed E-state index contributed by atoms with van der Waals surface area (Å²) in [6, 6.07) is 13.6. The second kappa shape index (κ2) is 7.63. The van der Waals surface area contributed by atoms with Crippen molar-refractivity contribution in [3.8, 4) is 0 Å². The summed E-state index contributed by atoms with van der Waals surface area (Å²) >= 11 is 0. The van der Waals surface area contributed by atoms with Gasteiger partial charge >= 0.3 is 5.97 Å². The summed E-state index contributed by atoms with van der Waals surface area (Å²) in [4.78, 5) is 26.9. The van der Waals surface area contributed by atoms with Gasteiger partial charge in [-0.25, -0.2) is 0 Å². The van der Waals surface area contributed by atoms with Crippen LogP contribution in [0.2, 0.25) is 0 Å². The summed E-state index contributed by atoms with van der Waals surface area (Å²) in [5.74, 6) is -0.598. The molecular formula is C24H27NO3. The standard InChI is InChI=1S/C24H27NO3/c1-6-7-17-8-9-19-15-25(22(26)21(19)14-17)20-12-10-18(11-13-20)16(2)23(27)28-24(3,4)5/h6-14,16H,15H2,1-5H3/b7-6+. The van der Waals surface area contributed by atoms with Crippen LogP contribution in [0.4, 0.5) is 5.69 Å². The van der Waals surface area contributed by atoms with Crippen molar-refractivity contribution in [2.45, 2.75) is 52.7 Å². The Morgan fingerprint density at radius 3 is 2.43 bits per heavy atom. The Labute approximate surface area is 166 Å². The molecule has 0 radical (unpaired) electrons. The minimum atomic E-state index is -0.509. The zero-order chi connectivity index (χ0) is 20.5. The van der Waals surface area contributed by atoms with Crippen LogP contribution in [-0.2, 0) is 16.1 Å². The van der Waals surface area contributed by atoms with Crippen molar-refractivity contribution < 1.29 is 14.3 Å². The molecule has 1 heterocycles. The summed E-state index contributed by atoms with van der Waals surface area (Å²) in [6.07, 6.45) is 3.95. The average Bonchev–Trinajstić information content (AvgIpc) is 2.96. The van der Waals surface area contributed by atoms with Gasteiger partial charge in [0.25, 0.3) is 5.91 Å². The van der Waals surface area contributed by atoms with Crippen molar-refractivity contribution >= 4 is 23.6 Å². The molecule has 1 aliphatic rings. The van der Waals surface area contributed by atoms with Gasteiger partial charge in [-0.2, -0.15) is 0 Å². The first kappa shape index (κ1) is 19.9. The second-order valence-electron chi connectivity index (χ2n) is 8.15. The molecule has 0 saturated heterocycles. The topological polar surface area (TPSA) is 46.6 Å². The molecular weight excluding hydrogens is 350 g/mol. The van der Waals surface area contributed by atoms with Crippen LogP contribution in [0.5, 0.6) is 0 Å². The molecule has 0 spiro atoms. The lowest BCUT2D eigenvalue weighted by Crippen LogP contribution is -2.27. The number of nitrogens with zero attached hydrogens (tertiary/aromatic N) is 1. The lowest BCUT2D eigenvalue weighted by Gasteiger charge is -2.23. The Balaban J connectivity index is 1.77. The number of carbonyl (C=O) groups is 2. The van der Waals surface area contributed by atoms with Crippen LogP contribution >= 0.6 is 0 Å². The van der Waals surface area contributed by atoms with Crippen LogP contribution in [0, 0.1) is 0 Å². The minimum Gasteiger partial charge on any atom is -0.460 e. The van der Waals surface area contributed by atoms with E-state index < -0.39 is 5.60 Å². The minimum absolute atomic E-state index is 0.00861. The fourth-order valence-corrected chi connectivity index (χ4v) is 3.29. The Morgan fingerprint density at radius 2 is 1.82 bits per heavy atom. The molecule has 4 nitrogen and oxygen atoms in total. The number of allylic oxidation sites excluding steroid dienone is 1. The van der Waals surface area contributed by atoms with E-state index in [0.717, 1.165) is 27.9 Å². The number of amides is 1. The van der Waals surface area contributed by atoms with Gasteiger partial charge < -0.3 is 9.64 Å². The highest BCUT2D eigenvalue weighted by Crippen LogP contribution is 2.30. The highest BCUT2D eigenvalue weighted by Gasteiger charge is 2.29. The molecule has 146 valence electrons. The summed E-state index contributed by atoms with van der Waals surface area (Å²) in [7, 11) is 0. The number of hydrogen-bond donors (Lipinski definition) is 0. The molecule has 3 rings (SSSR count). The van der Waals surface area contributed by atoms with E-state index in [0.29, 0.717) is 6.54 Å². The zero-order valence-electron chi connectivity index (χ0n) is 17.2. The van der Waals surface area contributed by atoms with Gasteiger partial charge in [-0.1, -0.05) is 36.4 Å². The normalized spacial score (nSPS) is 15.0. The van der Waals surface area contributed by atoms with Gasteiger partial charge in [-0.15, -0.1) is 0 Å². The lowest BCUT2D eigenvalue weighted by atomic mass is 10.0. The fourth-order valence-electron chi connectivity index (χ4n) is 3.29. The van der Waals surface area contributed by atoms with Crippen LogP contribution < -0.4 is 4.90 Å². The molecule has 2 aromatic carbocycles. The van der Waals surface area contributed by atoms with Crippen LogP contribution in [0.25, 0.3) is 6.08 Å². The van der Waals surface area contributed by atoms with E-state index in [-0.39, 0.29) is 17.8 Å². The summed E-state index contributed by atoms with van der Waals surface area (Å²) in [6.45, 7) is 9.94. The van der Waals surface area contributed by atoms with Crippen LogP contribution in [-0.4, -0.2) is 17.5 Å². The van der Waals surface area contributed by atoms with Crippen molar-refractivity contribution in [3.63, 3.8) is 0 Å². The molecule has 0 bridgehead atoms. The van der Waals surface area contributed by atoms with Crippen molar-refractivity contribution in [2.24, 2.45) is 0 Å². The van der Waals surface area contributed by atoms with Crippen molar-refractivity contribution in [1.29, 1.82) is 0 Å². The number of anilines is 1. The van der Waals surface area contributed by atoms with Gasteiger partial charge in [-0.3, -0.25) is 9.59 Å². The maximum absolute atomic E-state index is 12.9. The Kier molecular flexibility index (Phi) is 5.41. The second-order valence-corrected chi connectivity index (χ2v) is 8.15. The first-order valence-electron chi connectivity index (χ1n) is 9.60. The van der Waals surface area contributed by atoms with Crippen LogP contribution in [0.15, 0.2) is 48.5 Å². The molecule has 0 aliphatic carbocycles. The van der Waals surface area contributed by atoms with Gasteiger partial charge in [0.15, 0.2) is 0 Å². The Hall–Kier alpha value is -2.88. The van der Waals surface area contributed by atoms with E-state index >= 15 is 0 Å².